The van der Waals surface area contributed by atoms with Crippen molar-refractivity contribution in [3.63, 3.8) is 0 Å². The molecule has 2 aliphatic carbocycles. The maximum absolute atomic E-state index is 10.6. The molecule has 3 atom stereocenters. The number of allylic oxidation sites excluding steroid dienone is 3. The fourth-order valence-corrected chi connectivity index (χ4v) is 1.62. The summed E-state index contributed by atoms with van der Waals surface area (Å²) in [6.07, 6.45) is 7.43. The summed E-state index contributed by atoms with van der Waals surface area (Å²) in [4.78, 5) is 10.6. The molecule has 0 aliphatic heterocycles. The Hall–Kier alpha value is -1.05. The molecule has 12 heavy (non-hydrogen) atoms. The quantitative estimate of drug-likeness (QED) is 0.676. The third kappa shape index (κ3) is 1.17. The number of carbonyl (C=O) groups is 1. The molecular formula is C10H12O2. The topological polar surface area (TPSA) is 37.3 Å². The van der Waals surface area contributed by atoms with Crippen LogP contribution in [0.3, 0.4) is 0 Å². The summed E-state index contributed by atoms with van der Waals surface area (Å²) < 4.78 is 0. The van der Waals surface area contributed by atoms with Crippen LogP contribution in [0.15, 0.2) is 23.8 Å². The Kier molecular flexibility index (Phi) is 1.56. The van der Waals surface area contributed by atoms with Gasteiger partial charge in [-0.1, -0.05) is 18.2 Å². The van der Waals surface area contributed by atoms with Gasteiger partial charge in [-0.25, -0.2) is 0 Å². The van der Waals surface area contributed by atoms with Crippen LogP contribution >= 0.6 is 0 Å². The van der Waals surface area contributed by atoms with E-state index in [1.165, 1.54) is 6.42 Å². The molecule has 0 aromatic heterocycles. The highest BCUT2D eigenvalue weighted by atomic mass is 16.4. The first-order valence-corrected chi connectivity index (χ1v) is 4.31. The molecule has 0 bridgehead atoms. The van der Waals surface area contributed by atoms with Gasteiger partial charge >= 0.3 is 5.97 Å². The average molecular weight is 164 g/mol. The van der Waals surface area contributed by atoms with Gasteiger partial charge in [0.1, 0.15) is 0 Å². The third-order valence-electron chi connectivity index (χ3n) is 2.70. The first kappa shape index (κ1) is 7.59. The maximum Gasteiger partial charge on any atom is 0.310 e. The molecule has 0 aromatic rings. The van der Waals surface area contributed by atoms with Crippen molar-refractivity contribution in [2.45, 2.75) is 13.3 Å². The minimum Gasteiger partial charge on any atom is -0.481 e. The molecule has 0 radical (unpaired) electrons. The van der Waals surface area contributed by atoms with Gasteiger partial charge in [-0.15, -0.1) is 0 Å². The van der Waals surface area contributed by atoms with E-state index >= 15 is 0 Å². The second-order valence-corrected chi connectivity index (χ2v) is 3.65. The fourth-order valence-electron chi connectivity index (χ4n) is 1.62. The Balaban J connectivity index is 2.13. The molecular weight excluding hydrogens is 152 g/mol. The fraction of sp³-hybridized carbons (Fsp3) is 0.500. The first-order chi connectivity index (χ1) is 5.68. The molecule has 2 nitrogen and oxygen atoms in total. The lowest BCUT2D eigenvalue weighted by Gasteiger charge is -2.09. The normalized spacial score (nSPS) is 33.6. The van der Waals surface area contributed by atoms with Crippen molar-refractivity contribution in [2.24, 2.45) is 17.8 Å². The zero-order valence-electron chi connectivity index (χ0n) is 7.03. The van der Waals surface area contributed by atoms with Crippen LogP contribution in [0.4, 0.5) is 0 Å². The van der Waals surface area contributed by atoms with Crippen molar-refractivity contribution in [1.29, 1.82) is 0 Å². The number of rotatable bonds is 2. The molecule has 2 heteroatoms. The molecule has 0 aromatic carbocycles. The molecule has 3 unspecified atom stereocenters. The van der Waals surface area contributed by atoms with Gasteiger partial charge in [0.2, 0.25) is 0 Å². The zero-order chi connectivity index (χ0) is 8.72. The van der Waals surface area contributed by atoms with Crippen LogP contribution in [0.1, 0.15) is 13.3 Å². The Labute approximate surface area is 71.6 Å². The van der Waals surface area contributed by atoms with Crippen LogP contribution in [0, 0.1) is 17.8 Å². The number of fused-ring (bicyclic) bond motifs is 1. The minimum atomic E-state index is -0.731. The number of carboxylic acids is 1. The van der Waals surface area contributed by atoms with E-state index in [1.54, 1.807) is 6.92 Å². The summed E-state index contributed by atoms with van der Waals surface area (Å²) >= 11 is 0. The van der Waals surface area contributed by atoms with E-state index in [-0.39, 0.29) is 5.92 Å². The van der Waals surface area contributed by atoms with E-state index < -0.39 is 5.97 Å². The van der Waals surface area contributed by atoms with Crippen molar-refractivity contribution in [3.8, 4) is 0 Å². The highest BCUT2D eigenvalue weighted by Crippen LogP contribution is 2.45. The predicted molar refractivity (Wildman–Crippen MR) is 45.6 cm³/mol. The van der Waals surface area contributed by atoms with Gasteiger partial charge in [-0.05, 0) is 30.8 Å². The Morgan fingerprint density at radius 1 is 1.67 bits per heavy atom. The van der Waals surface area contributed by atoms with E-state index in [0.29, 0.717) is 5.92 Å². The largest absolute Gasteiger partial charge is 0.481 e. The van der Waals surface area contributed by atoms with Crippen LogP contribution in [0.25, 0.3) is 0 Å². The van der Waals surface area contributed by atoms with Crippen LogP contribution in [0.2, 0.25) is 0 Å². The summed E-state index contributed by atoms with van der Waals surface area (Å²) in [5.41, 5.74) is 0.973. The predicted octanol–water partition coefficient (Wildman–Crippen LogP) is 1.84. The van der Waals surface area contributed by atoms with Gasteiger partial charge in [0.25, 0.3) is 0 Å². The molecule has 0 spiro atoms. The lowest BCUT2D eigenvalue weighted by atomic mass is 9.96. The lowest BCUT2D eigenvalue weighted by Crippen LogP contribution is -2.12. The van der Waals surface area contributed by atoms with Crippen molar-refractivity contribution in [2.75, 3.05) is 0 Å². The molecule has 64 valence electrons. The van der Waals surface area contributed by atoms with Gasteiger partial charge in [-0.2, -0.15) is 0 Å². The van der Waals surface area contributed by atoms with E-state index in [9.17, 15) is 4.79 Å². The second kappa shape index (κ2) is 2.47. The molecule has 1 fully saturated rings. The zero-order valence-corrected chi connectivity index (χ0v) is 7.03. The maximum atomic E-state index is 10.6. The van der Waals surface area contributed by atoms with Crippen LogP contribution in [-0.2, 0) is 4.79 Å². The molecule has 0 amide bonds. The molecule has 0 heterocycles. The van der Waals surface area contributed by atoms with Gasteiger partial charge < -0.3 is 5.11 Å². The molecule has 1 N–H and O–H groups in total. The van der Waals surface area contributed by atoms with Crippen molar-refractivity contribution in [3.05, 3.63) is 23.8 Å². The Bertz CT molecular complexity index is 276. The standard InChI is InChI=1S/C10H12O2/c1-6(10(11)12)7-2-3-8-5-9(8)4-7/h2-4,6,8-9H,5H2,1H3,(H,11,12). The summed E-state index contributed by atoms with van der Waals surface area (Å²) in [5.74, 6) is 0.286. The van der Waals surface area contributed by atoms with Gasteiger partial charge in [0, 0.05) is 0 Å². The molecule has 2 rings (SSSR count). The Morgan fingerprint density at radius 3 is 3.00 bits per heavy atom. The monoisotopic (exact) mass is 164 g/mol. The van der Waals surface area contributed by atoms with E-state index in [0.717, 1.165) is 11.5 Å². The Morgan fingerprint density at radius 2 is 2.42 bits per heavy atom. The van der Waals surface area contributed by atoms with Gasteiger partial charge in [0.15, 0.2) is 0 Å². The highest BCUT2D eigenvalue weighted by molar-refractivity contribution is 5.74. The summed E-state index contributed by atoms with van der Waals surface area (Å²) in [7, 11) is 0. The van der Waals surface area contributed by atoms with Crippen molar-refractivity contribution < 1.29 is 9.90 Å². The molecule has 2 aliphatic rings. The van der Waals surface area contributed by atoms with E-state index in [2.05, 4.69) is 12.2 Å². The van der Waals surface area contributed by atoms with Gasteiger partial charge in [-0.3, -0.25) is 4.79 Å². The first-order valence-electron chi connectivity index (χ1n) is 4.31. The smallest absolute Gasteiger partial charge is 0.310 e. The number of carboxylic acid groups (broad SMARTS) is 1. The molecule has 0 saturated heterocycles. The SMILES string of the molecule is CC(C(=O)O)C1=CC2CC2C=C1. The van der Waals surface area contributed by atoms with Crippen LogP contribution in [0.5, 0.6) is 0 Å². The number of hydrogen-bond donors (Lipinski definition) is 1. The highest BCUT2D eigenvalue weighted by Gasteiger charge is 2.36. The van der Waals surface area contributed by atoms with Crippen LogP contribution in [-0.4, -0.2) is 11.1 Å². The number of hydrogen-bond acceptors (Lipinski definition) is 1. The average Bonchev–Trinajstić information content (AvgIpc) is 2.79. The summed E-state index contributed by atoms with van der Waals surface area (Å²) in [6.45, 7) is 1.74. The van der Waals surface area contributed by atoms with E-state index in [4.69, 9.17) is 5.11 Å². The summed E-state index contributed by atoms with van der Waals surface area (Å²) in [5, 5.41) is 8.76. The third-order valence-corrected chi connectivity index (χ3v) is 2.70. The summed E-state index contributed by atoms with van der Waals surface area (Å²) in [6, 6.07) is 0. The molecule has 1 saturated carbocycles. The number of aliphatic carboxylic acids is 1. The van der Waals surface area contributed by atoms with E-state index in [1.807, 2.05) is 6.08 Å². The van der Waals surface area contributed by atoms with Crippen molar-refractivity contribution >= 4 is 5.97 Å². The van der Waals surface area contributed by atoms with Gasteiger partial charge in [0.05, 0.1) is 5.92 Å². The second-order valence-electron chi connectivity index (χ2n) is 3.65. The van der Waals surface area contributed by atoms with Crippen LogP contribution < -0.4 is 0 Å². The lowest BCUT2D eigenvalue weighted by molar-refractivity contribution is -0.139. The minimum absolute atomic E-state index is 0.345. The van der Waals surface area contributed by atoms with Crippen molar-refractivity contribution in [1.82, 2.24) is 0 Å².